The van der Waals surface area contributed by atoms with E-state index in [2.05, 4.69) is 27.3 Å². The second kappa shape index (κ2) is 7.81. The van der Waals surface area contributed by atoms with Crippen LogP contribution in [-0.2, 0) is 0 Å². The summed E-state index contributed by atoms with van der Waals surface area (Å²) in [5.41, 5.74) is 8.66. The molecule has 2 rings (SSSR count). The van der Waals surface area contributed by atoms with E-state index in [0.29, 0.717) is 6.54 Å². The van der Waals surface area contributed by atoms with E-state index >= 15 is 0 Å². The molecule has 1 aliphatic rings. The molecule has 0 radical (unpaired) electrons. The van der Waals surface area contributed by atoms with E-state index in [9.17, 15) is 0 Å². The number of hydrogen-bond acceptors (Lipinski definition) is 3. The van der Waals surface area contributed by atoms with E-state index in [4.69, 9.17) is 10.5 Å². The van der Waals surface area contributed by atoms with Crippen molar-refractivity contribution in [2.45, 2.75) is 31.7 Å². The Bertz CT molecular complexity index is 474. The third kappa shape index (κ3) is 4.08. The minimum Gasteiger partial charge on any atom is -0.497 e. The summed E-state index contributed by atoms with van der Waals surface area (Å²) in [5.74, 6) is 0.863. The average Bonchev–Trinajstić information content (AvgIpc) is 2.98. The van der Waals surface area contributed by atoms with Crippen LogP contribution in [0.25, 0.3) is 0 Å². The molecule has 1 unspecified atom stereocenters. The van der Waals surface area contributed by atoms with E-state index < -0.39 is 0 Å². The van der Waals surface area contributed by atoms with Crippen LogP contribution in [0.15, 0.2) is 34.3 Å². The molecule has 0 amide bonds. The number of nitrogens with one attached hydrogen (secondary N) is 1. The lowest BCUT2D eigenvalue weighted by Gasteiger charge is -2.19. The van der Waals surface area contributed by atoms with Crippen LogP contribution >= 0.6 is 15.9 Å². The Morgan fingerprint density at radius 2 is 2.30 bits per heavy atom. The molecule has 0 spiro atoms. The Morgan fingerprint density at radius 1 is 1.45 bits per heavy atom. The summed E-state index contributed by atoms with van der Waals surface area (Å²) in [6, 6.07) is 6.16. The van der Waals surface area contributed by atoms with E-state index in [0.717, 1.165) is 28.8 Å². The fraction of sp³-hybridized carbons (Fsp3) is 0.500. The van der Waals surface area contributed by atoms with Gasteiger partial charge < -0.3 is 15.8 Å². The van der Waals surface area contributed by atoms with Crippen LogP contribution in [0.1, 0.15) is 37.3 Å². The first kappa shape index (κ1) is 15.5. The van der Waals surface area contributed by atoms with Gasteiger partial charge >= 0.3 is 0 Å². The smallest absolute Gasteiger partial charge is 0.119 e. The van der Waals surface area contributed by atoms with Crippen LogP contribution in [0, 0.1) is 0 Å². The van der Waals surface area contributed by atoms with Crippen molar-refractivity contribution >= 4 is 15.9 Å². The van der Waals surface area contributed by atoms with Gasteiger partial charge in [0.15, 0.2) is 0 Å². The van der Waals surface area contributed by atoms with E-state index in [1.165, 1.54) is 19.3 Å². The van der Waals surface area contributed by atoms with Crippen LogP contribution in [0.3, 0.4) is 0 Å². The normalized spacial score (nSPS) is 16.1. The molecule has 0 aromatic heterocycles. The molecule has 0 fully saturated rings. The third-order valence-electron chi connectivity index (χ3n) is 3.79. The van der Waals surface area contributed by atoms with Crippen LogP contribution in [-0.4, -0.2) is 20.2 Å². The van der Waals surface area contributed by atoms with Crippen LogP contribution in [0.5, 0.6) is 5.75 Å². The highest BCUT2D eigenvalue weighted by Gasteiger charge is 2.14. The van der Waals surface area contributed by atoms with Crippen LogP contribution < -0.4 is 15.8 Å². The molecule has 3 nitrogen and oxygen atoms in total. The predicted octanol–water partition coefficient (Wildman–Crippen LogP) is 3.55. The van der Waals surface area contributed by atoms with Crippen molar-refractivity contribution in [3.63, 3.8) is 0 Å². The lowest BCUT2D eigenvalue weighted by molar-refractivity contribution is 0.413. The maximum Gasteiger partial charge on any atom is 0.119 e. The fourth-order valence-corrected chi connectivity index (χ4v) is 3.13. The summed E-state index contributed by atoms with van der Waals surface area (Å²) in [7, 11) is 1.68. The second-order valence-electron chi connectivity index (χ2n) is 5.13. The van der Waals surface area contributed by atoms with Crippen molar-refractivity contribution < 1.29 is 4.74 Å². The summed E-state index contributed by atoms with van der Waals surface area (Å²) in [6.45, 7) is 1.54. The zero-order valence-corrected chi connectivity index (χ0v) is 13.6. The molecule has 0 saturated carbocycles. The maximum absolute atomic E-state index is 5.92. The Balaban J connectivity index is 1.96. The second-order valence-corrected chi connectivity index (χ2v) is 5.99. The minimum absolute atomic E-state index is 0.154. The molecule has 1 aromatic rings. The number of ether oxygens (including phenoxy) is 1. The van der Waals surface area contributed by atoms with Gasteiger partial charge in [-0.05, 0) is 56.0 Å². The molecule has 110 valence electrons. The zero-order chi connectivity index (χ0) is 14.4. The van der Waals surface area contributed by atoms with Crippen LogP contribution in [0.2, 0.25) is 0 Å². The number of allylic oxidation sites excluding steroid dienone is 1. The molecular formula is C16H23BrN2O. The Morgan fingerprint density at radius 3 is 2.95 bits per heavy atom. The SMILES string of the molecule is COc1ccc(Br)c(C(CN)NCCC2=CCCC2)c1. The summed E-state index contributed by atoms with van der Waals surface area (Å²) < 4.78 is 6.36. The molecule has 1 aromatic carbocycles. The summed E-state index contributed by atoms with van der Waals surface area (Å²) >= 11 is 3.60. The lowest BCUT2D eigenvalue weighted by Crippen LogP contribution is -2.29. The van der Waals surface area contributed by atoms with Gasteiger partial charge in [0.2, 0.25) is 0 Å². The van der Waals surface area contributed by atoms with Gasteiger partial charge in [0.1, 0.15) is 5.75 Å². The van der Waals surface area contributed by atoms with Crippen LogP contribution in [0.4, 0.5) is 0 Å². The molecule has 1 atom stereocenters. The number of rotatable bonds is 7. The predicted molar refractivity (Wildman–Crippen MR) is 87.0 cm³/mol. The van der Waals surface area contributed by atoms with Crippen molar-refractivity contribution in [1.82, 2.24) is 5.32 Å². The first-order valence-corrected chi connectivity index (χ1v) is 7.98. The van der Waals surface area contributed by atoms with Crippen molar-refractivity contribution in [1.29, 1.82) is 0 Å². The molecule has 4 heteroatoms. The molecule has 0 bridgehead atoms. The number of nitrogens with two attached hydrogens (primary N) is 1. The Hall–Kier alpha value is -0.840. The highest BCUT2D eigenvalue weighted by Crippen LogP contribution is 2.28. The summed E-state index contributed by atoms with van der Waals surface area (Å²) in [4.78, 5) is 0. The topological polar surface area (TPSA) is 47.3 Å². The fourth-order valence-electron chi connectivity index (χ4n) is 2.61. The standard InChI is InChI=1S/C16H23BrN2O/c1-20-13-6-7-15(17)14(10-13)16(11-18)19-9-8-12-4-2-3-5-12/h4,6-7,10,16,19H,2-3,5,8-9,11,18H2,1H3. The van der Waals surface area contributed by atoms with Gasteiger partial charge in [-0.25, -0.2) is 0 Å². The quantitative estimate of drug-likeness (QED) is 0.747. The first-order chi connectivity index (χ1) is 9.74. The summed E-state index contributed by atoms with van der Waals surface area (Å²) in [6.07, 6.45) is 7.32. The minimum atomic E-state index is 0.154. The Kier molecular flexibility index (Phi) is 6.07. The number of hydrogen-bond donors (Lipinski definition) is 2. The largest absolute Gasteiger partial charge is 0.497 e. The summed E-state index contributed by atoms with van der Waals surface area (Å²) in [5, 5.41) is 3.55. The van der Waals surface area contributed by atoms with Gasteiger partial charge in [0.05, 0.1) is 7.11 Å². The van der Waals surface area contributed by atoms with E-state index in [1.807, 2.05) is 18.2 Å². The molecule has 3 N–H and O–H groups in total. The van der Waals surface area contributed by atoms with E-state index in [-0.39, 0.29) is 6.04 Å². The number of methoxy groups -OCH3 is 1. The zero-order valence-electron chi connectivity index (χ0n) is 12.0. The van der Waals surface area contributed by atoms with Gasteiger partial charge in [-0.1, -0.05) is 27.6 Å². The molecule has 1 aliphatic carbocycles. The van der Waals surface area contributed by atoms with Crippen molar-refractivity contribution in [3.05, 3.63) is 39.9 Å². The van der Waals surface area contributed by atoms with E-state index in [1.54, 1.807) is 12.7 Å². The lowest BCUT2D eigenvalue weighted by atomic mass is 10.1. The molecule has 0 aliphatic heterocycles. The molecule has 0 saturated heterocycles. The molecule has 20 heavy (non-hydrogen) atoms. The number of halogens is 1. The Labute approximate surface area is 129 Å². The van der Waals surface area contributed by atoms with Gasteiger partial charge in [-0.15, -0.1) is 0 Å². The highest BCUT2D eigenvalue weighted by atomic mass is 79.9. The van der Waals surface area contributed by atoms with Crippen molar-refractivity contribution in [3.8, 4) is 5.75 Å². The molecular weight excluding hydrogens is 316 g/mol. The van der Waals surface area contributed by atoms with Gasteiger partial charge in [-0.2, -0.15) is 0 Å². The van der Waals surface area contributed by atoms with Gasteiger partial charge in [0, 0.05) is 17.1 Å². The highest BCUT2D eigenvalue weighted by molar-refractivity contribution is 9.10. The first-order valence-electron chi connectivity index (χ1n) is 7.19. The number of benzene rings is 1. The monoisotopic (exact) mass is 338 g/mol. The van der Waals surface area contributed by atoms with Crippen molar-refractivity contribution in [2.24, 2.45) is 5.73 Å². The molecule has 0 heterocycles. The third-order valence-corrected chi connectivity index (χ3v) is 4.51. The van der Waals surface area contributed by atoms with Crippen molar-refractivity contribution in [2.75, 3.05) is 20.2 Å². The van der Waals surface area contributed by atoms with Gasteiger partial charge in [-0.3, -0.25) is 0 Å². The van der Waals surface area contributed by atoms with Gasteiger partial charge in [0.25, 0.3) is 0 Å². The maximum atomic E-state index is 5.92. The average molecular weight is 339 g/mol.